The number of hydrogen-bond donors (Lipinski definition) is 2. The van der Waals surface area contributed by atoms with Crippen molar-refractivity contribution in [1.82, 2.24) is 4.98 Å². The van der Waals surface area contributed by atoms with E-state index in [2.05, 4.69) is 4.98 Å². The van der Waals surface area contributed by atoms with Crippen molar-refractivity contribution in [3.8, 4) is 23.1 Å². The molecule has 0 radical (unpaired) electrons. The van der Waals surface area contributed by atoms with Crippen molar-refractivity contribution < 1.29 is 5.11 Å². The van der Waals surface area contributed by atoms with Crippen molar-refractivity contribution in [1.29, 1.82) is 5.26 Å². The fourth-order valence-electron chi connectivity index (χ4n) is 2.22. The third-order valence-corrected chi connectivity index (χ3v) is 3.40. The summed E-state index contributed by atoms with van der Waals surface area (Å²) in [7, 11) is 0. The number of aromatic hydroxyl groups is 1. The monoisotopic (exact) mass is 251 g/mol. The van der Waals surface area contributed by atoms with Crippen LogP contribution in [-0.4, -0.2) is 16.1 Å². The second-order valence-corrected chi connectivity index (χ2v) is 4.86. The molecule has 0 spiro atoms. The first-order valence-corrected chi connectivity index (χ1v) is 6.13. The zero-order chi connectivity index (χ0) is 13.4. The number of benzene rings is 1. The average Bonchev–Trinajstić information content (AvgIpc) is 3.15. The van der Waals surface area contributed by atoms with Crippen LogP contribution in [0.5, 0.6) is 5.75 Å². The lowest BCUT2D eigenvalue weighted by atomic mass is 10.1. The quantitative estimate of drug-likeness (QED) is 0.856. The summed E-state index contributed by atoms with van der Waals surface area (Å²) in [6.45, 7) is 0. The highest BCUT2D eigenvalue weighted by atomic mass is 16.3. The topological polar surface area (TPSA) is 82.9 Å². The standard InChI is InChI=1S/C15H13N3O/c16-7-9-3-11(5-12(19)4-9)15-2-1-10(8-18-15)13-6-14(13)17/h1-5,8,13-14,19H,6,17H2/t13-,14+/m1/s1. The Kier molecular flexibility index (Phi) is 2.69. The molecule has 0 amide bonds. The highest BCUT2D eigenvalue weighted by Gasteiger charge is 2.34. The van der Waals surface area contributed by atoms with Gasteiger partial charge in [0.2, 0.25) is 0 Å². The molecule has 1 aromatic carbocycles. The molecule has 0 bridgehead atoms. The third kappa shape index (κ3) is 2.28. The Hall–Kier alpha value is -2.38. The van der Waals surface area contributed by atoms with Crippen LogP contribution >= 0.6 is 0 Å². The summed E-state index contributed by atoms with van der Waals surface area (Å²) in [6.07, 6.45) is 2.84. The molecule has 2 atom stereocenters. The Morgan fingerprint density at radius 1 is 1.32 bits per heavy atom. The summed E-state index contributed by atoms with van der Waals surface area (Å²) >= 11 is 0. The van der Waals surface area contributed by atoms with E-state index in [1.54, 1.807) is 12.1 Å². The van der Waals surface area contributed by atoms with Crippen molar-refractivity contribution in [2.24, 2.45) is 5.73 Å². The van der Waals surface area contributed by atoms with Crippen LogP contribution in [0.4, 0.5) is 0 Å². The molecule has 4 heteroatoms. The number of nitrogens with two attached hydrogens (primary N) is 1. The van der Waals surface area contributed by atoms with Crippen LogP contribution in [-0.2, 0) is 0 Å². The van der Waals surface area contributed by atoms with Gasteiger partial charge in [-0.3, -0.25) is 4.98 Å². The zero-order valence-corrected chi connectivity index (χ0v) is 10.2. The number of nitriles is 1. The van der Waals surface area contributed by atoms with Crippen molar-refractivity contribution >= 4 is 0 Å². The lowest BCUT2D eigenvalue weighted by Gasteiger charge is -2.04. The van der Waals surface area contributed by atoms with E-state index in [4.69, 9.17) is 11.0 Å². The first kappa shape index (κ1) is 11.7. The molecule has 94 valence electrons. The number of phenols is 1. The minimum Gasteiger partial charge on any atom is -0.508 e. The highest BCUT2D eigenvalue weighted by Crippen LogP contribution is 2.39. The molecule has 1 aromatic heterocycles. The van der Waals surface area contributed by atoms with E-state index < -0.39 is 0 Å². The lowest BCUT2D eigenvalue weighted by Crippen LogP contribution is -2.01. The van der Waals surface area contributed by atoms with E-state index in [1.807, 2.05) is 24.4 Å². The Morgan fingerprint density at radius 3 is 2.68 bits per heavy atom. The Morgan fingerprint density at radius 2 is 2.11 bits per heavy atom. The summed E-state index contributed by atoms with van der Waals surface area (Å²) in [6, 6.07) is 10.9. The van der Waals surface area contributed by atoms with Crippen LogP contribution in [0.3, 0.4) is 0 Å². The van der Waals surface area contributed by atoms with Gasteiger partial charge < -0.3 is 10.8 Å². The molecular formula is C15H13N3O. The number of phenolic OH excluding ortho intramolecular Hbond substituents is 1. The molecule has 3 rings (SSSR count). The number of rotatable bonds is 2. The second kappa shape index (κ2) is 4.38. The van der Waals surface area contributed by atoms with Gasteiger partial charge >= 0.3 is 0 Å². The minimum atomic E-state index is 0.0733. The van der Waals surface area contributed by atoms with Gasteiger partial charge in [-0.05, 0) is 36.2 Å². The molecule has 4 nitrogen and oxygen atoms in total. The van der Waals surface area contributed by atoms with Crippen molar-refractivity contribution in [3.63, 3.8) is 0 Å². The summed E-state index contributed by atoms with van der Waals surface area (Å²) in [5, 5.41) is 18.5. The fraction of sp³-hybridized carbons (Fsp3) is 0.200. The molecule has 1 saturated carbocycles. The fourth-order valence-corrected chi connectivity index (χ4v) is 2.22. The summed E-state index contributed by atoms with van der Waals surface area (Å²) in [4.78, 5) is 4.39. The Labute approximate surface area is 111 Å². The van der Waals surface area contributed by atoms with E-state index >= 15 is 0 Å². The molecule has 0 unspecified atom stereocenters. The van der Waals surface area contributed by atoms with E-state index in [0.717, 1.165) is 23.2 Å². The van der Waals surface area contributed by atoms with Gasteiger partial charge in [-0.15, -0.1) is 0 Å². The van der Waals surface area contributed by atoms with E-state index in [-0.39, 0.29) is 11.8 Å². The predicted molar refractivity (Wildman–Crippen MR) is 71.4 cm³/mol. The molecule has 1 fully saturated rings. The first-order chi connectivity index (χ1) is 9.17. The lowest BCUT2D eigenvalue weighted by molar-refractivity contribution is 0.475. The van der Waals surface area contributed by atoms with Gasteiger partial charge in [0.15, 0.2) is 0 Å². The number of aromatic nitrogens is 1. The van der Waals surface area contributed by atoms with Crippen molar-refractivity contribution in [3.05, 3.63) is 47.7 Å². The summed E-state index contributed by atoms with van der Waals surface area (Å²) in [5.74, 6) is 0.504. The van der Waals surface area contributed by atoms with Crippen molar-refractivity contribution in [2.75, 3.05) is 0 Å². The Balaban J connectivity index is 1.94. The van der Waals surface area contributed by atoms with Gasteiger partial charge in [0.1, 0.15) is 5.75 Å². The summed E-state index contributed by atoms with van der Waals surface area (Å²) < 4.78 is 0. The Bertz CT molecular complexity index is 658. The van der Waals surface area contributed by atoms with Crippen LogP contribution in [0.2, 0.25) is 0 Å². The van der Waals surface area contributed by atoms with E-state index in [1.165, 1.54) is 6.07 Å². The second-order valence-electron chi connectivity index (χ2n) is 4.86. The van der Waals surface area contributed by atoms with Crippen LogP contribution in [0.1, 0.15) is 23.5 Å². The van der Waals surface area contributed by atoms with Crippen molar-refractivity contribution in [2.45, 2.75) is 18.4 Å². The number of pyridine rings is 1. The maximum Gasteiger partial charge on any atom is 0.117 e. The summed E-state index contributed by atoms with van der Waals surface area (Å²) in [5.41, 5.74) is 8.86. The molecule has 3 N–H and O–H groups in total. The number of nitrogens with zero attached hydrogens (tertiary/aromatic N) is 2. The first-order valence-electron chi connectivity index (χ1n) is 6.13. The molecule has 1 aliphatic rings. The van der Waals surface area contributed by atoms with Crippen LogP contribution < -0.4 is 5.73 Å². The van der Waals surface area contributed by atoms with Gasteiger partial charge in [-0.1, -0.05) is 6.07 Å². The SMILES string of the molecule is N#Cc1cc(O)cc(-c2ccc([C@H]3C[C@@H]3N)cn2)c1. The van der Waals surface area contributed by atoms with Crippen LogP contribution in [0.15, 0.2) is 36.5 Å². The van der Waals surface area contributed by atoms with Gasteiger partial charge in [0.05, 0.1) is 17.3 Å². The van der Waals surface area contributed by atoms with Gasteiger partial charge in [0.25, 0.3) is 0 Å². The predicted octanol–water partition coefficient (Wildman–Crippen LogP) is 2.14. The molecule has 0 aliphatic heterocycles. The maximum atomic E-state index is 9.58. The minimum absolute atomic E-state index is 0.0733. The van der Waals surface area contributed by atoms with Crippen LogP contribution in [0, 0.1) is 11.3 Å². The number of hydrogen-bond acceptors (Lipinski definition) is 4. The molecule has 0 saturated heterocycles. The largest absolute Gasteiger partial charge is 0.508 e. The van der Waals surface area contributed by atoms with E-state index in [0.29, 0.717) is 11.5 Å². The molecule has 2 aromatic rings. The van der Waals surface area contributed by atoms with E-state index in [9.17, 15) is 5.11 Å². The van der Waals surface area contributed by atoms with Crippen LogP contribution in [0.25, 0.3) is 11.3 Å². The zero-order valence-electron chi connectivity index (χ0n) is 10.2. The van der Waals surface area contributed by atoms with Gasteiger partial charge in [0, 0.05) is 23.7 Å². The molecule has 19 heavy (non-hydrogen) atoms. The average molecular weight is 251 g/mol. The molecule has 1 aliphatic carbocycles. The highest BCUT2D eigenvalue weighted by molar-refractivity contribution is 5.64. The van der Waals surface area contributed by atoms with Gasteiger partial charge in [-0.25, -0.2) is 0 Å². The van der Waals surface area contributed by atoms with Gasteiger partial charge in [-0.2, -0.15) is 5.26 Å². The third-order valence-electron chi connectivity index (χ3n) is 3.40. The smallest absolute Gasteiger partial charge is 0.117 e. The normalized spacial score (nSPS) is 20.8. The maximum absolute atomic E-state index is 9.58. The molecular weight excluding hydrogens is 238 g/mol. The molecule has 1 heterocycles.